The minimum Gasteiger partial charge on any atom is -0.342 e. The van der Waals surface area contributed by atoms with Crippen molar-refractivity contribution in [2.75, 3.05) is 13.1 Å². The number of nitrogens with zero attached hydrogens (tertiary/aromatic N) is 2. The molecule has 7 heteroatoms. The summed E-state index contributed by atoms with van der Waals surface area (Å²) in [5.41, 5.74) is 4.29. The number of carbonyl (C=O) groups excluding carboxylic acids is 3. The highest BCUT2D eigenvalue weighted by Gasteiger charge is 2.31. The molecule has 30 heavy (non-hydrogen) atoms. The van der Waals surface area contributed by atoms with Crippen LogP contribution in [0.3, 0.4) is 0 Å². The number of hydrogen-bond acceptors (Lipinski definition) is 4. The number of amides is 4. The van der Waals surface area contributed by atoms with E-state index < -0.39 is 12.1 Å². The zero-order chi connectivity index (χ0) is 21.1. The number of carbonyl (C=O) groups is 3. The van der Waals surface area contributed by atoms with Gasteiger partial charge in [-0.2, -0.15) is 0 Å². The monoisotopic (exact) mass is 406 g/mol. The number of rotatable bonds is 5. The van der Waals surface area contributed by atoms with Gasteiger partial charge in [0.2, 0.25) is 5.91 Å². The Morgan fingerprint density at radius 2 is 1.97 bits per heavy atom. The number of urea groups is 1. The Bertz CT molecular complexity index is 960. The van der Waals surface area contributed by atoms with E-state index in [9.17, 15) is 14.4 Å². The maximum Gasteiger partial charge on any atom is 0.322 e. The van der Waals surface area contributed by atoms with Crippen molar-refractivity contribution in [2.45, 2.75) is 44.6 Å². The molecule has 2 fully saturated rings. The van der Waals surface area contributed by atoms with Crippen LogP contribution >= 0.6 is 0 Å². The zero-order valence-corrected chi connectivity index (χ0v) is 17.1. The molecule has 0 radical (unpaired) electrons. The summed E-state index contributed by atoms with van der Waals surface area (Å²) in [6, 6.07) is 13.4. The molecular weight excluding hydrogens is 380 g/mol. The number of pyridine rings is 1. The SMILES string of the molecule is Cc1cc(-c2ccccc2)cc(C2CCCN(C(=O)CCC3NC(=O)NC3=O)C2)n1. The van der Waals surface area contributed by atoms with Crippen molar-refractivity contribution in [1.82, 2.24) is 20.5 Å². The third-order valence-corrected chi connectivity index (χ3v) is 5.78. The Hall–Kier alpha value is -3.22. The van der Waals surface area contributed by atoms with E-state index in [4.69, 9.17) is 4.98 Å². The Morgan fingerprint density at radius 3 is 2.70 bits per heavy atom. The predicted octanol–water partition coefficient (Wildman–Crippen LogP) is 2.75. The Morgan fingerprint density at radius 1 is 1.17 bits per heavy atom. The standard InChI is InChI=1S/C23H26N4O3/c1-15-12-18(16-6-3-2-4-7-16)13-20(24-15)17-8-5-11-27(14-17)21(28)10-9-19-22(29)26-23(30)25-19/h2-4,6-7,12-13,17,19H,5,8-11,14H2,1H3,(H2,25,26,29,30). The van der Waals surface area contributed by atoms with Gasteiger partial charge in [-0.1, -0.05) is 30.3 Å². The van der Waals surface area contributed by atoms with E-state index in [1.807, 2.05) is 30.0 Å². The summed E-state index contributed by atoms with van der Waals surface area (Å²) in [4.78, 5) is 42.3. The first-order valence-corrected chi connectivity index (χ1v) is 10.4. The topological polar surface area (TPSA) is 91.4 Å². The van der Waals surface area contributed by atoms with E-state index in [1.54, 1.807) is 0 Å². The maximum atomic E-state index is 12.7. The Kier molecular flexibility index (Phi) is 5.79. The van der Waals surface area contributed by atoms with E-state index in [2.05, 4.69) is 34.9 Å². The molecule has 1 aromatic carbocycles. The fourth-order valence-electron chi connectivity index (χ4n) is 4.23. The second kappa shape index (κ2) is 8.65. The van der Waals surface area contributed by atoms with E-state index >= 15 is 0 Å². The van der Waals surface area contributed by atoms with E-state index in [-0.39, 0.29) is 24.2 Å². The van der Waals surface area contributed by atoms with Gasteiger partial charge in [-0.15, -0.1) is 0 Å². The molecule has 2 aromatic rings. The number of nitrogens with one attached hydrogen (secondary N) is 2. The third kappa shape index (κ3) is 4.50. The van der Waals surface area contributed by atoms with Gasteiger partial charge < -0.3 is 10.2 Å². The molecule has 2 aliphatic heterocycles. The molecule has 156 valence electrons. The van der Waals surface area contributed by atoms with Crippen LogP contribution in [-0.2, 0) is 9.59 Å². The zero-order valence-electron chi connectivity index (χ0n) is 17.1. The summed E-state index contributed by atoms with van der Waals surface area (Å²) in [6.07, 6.45) is 2.48. The molecule has 2 saturated heterocycles. The largest absolute Gasteiger partial charge is 0.342 e. The van der Waals surface area contributed by atoms with Crippen LogP contribution in [0.4, 0.5) is 4.79 Å². The van der Waals surface area contributed by atoms with Crippen molar-refractivity contribution in [3.05, 3.63) is 53.9 Å². The first-order valence-electron chi connectivity index (χ1n) is 10.4. The van der Waals surface area contributed by atoms with Crippen LogP contribution in [0.2, 0.25) is 0 Å². The molecule has 0 bridgehead atoms. The highest BCUT2D eigenvalue weighted by molar-refractivity contribution is 6.04. The summed E-state index contributed by atoms with van der Waals surface area (Å²) in [6.45, 7) is 3.35. The first-order chi connectivity index (χ1) is 14.5. The van der Waals surface area contributed by atoms with Crippen molar-refractivity contribution in [1.29, 1.82) is 0 Å². The molecule has 3 heterocycles. The number of aryl methyl sites for hydroxylation is 1. The third-order valence-electron chi connectivity index (χ3n) is 5.78. The van der Waals surface area contributed by atoms with Gasteiger partial charge in [0, 0.05) is 36.8 Å². The molecular formula is C23H26N4O3. The lowest BCUT2D eigenvalue weighted by molar-refractivity contribution is -0.132. The lowest BCUT2D eigenvalue weighted by atomic mass is 9.92. The average Bonchev–Trinajstić information content (AvgIpc) is 3.09. The molecule has 2 N–H and O–H groups in total. The molecule has 4 rings (SSSR count). The lowest BCUT2D eigenvalue weighted by Crippen LogP contribution is -2.40. The number of piperidine rings is 1. The normalized spacial score (nSPS) is 21.3. The van der Waals surface area contributed by atoms with Crippen LogP contribution in [0.25, 0.3) is 11.1 Å². The second-order valence-electron chi connectivity index (χ2n) is 8.02. The summed E-state index contributed by atoms with van der Waals surface area (Å²) < 4.78 is 0. The van der Waals surface area contributed by atoms with Gasteiger partial charge in [0.25, 0.3) is 5.91 Å². The summed E-state index contributed by atoms with van der Waals surface area (Å²) >= 11 is 0. The van der Waals surface area contributed by atoms with Crippen molar-refractivity contribution in [3.63, 3.8) is 0 Å². The minimum absolute atomic E-state index is 0.0181. The Balaban J connectivity index is 1.42. The van der Waals surface area contributed by atoms with Crippen molar-refractivity contribution < 1.29 is 14.4 Å². The smallest absolute Gasteiger partial charge is 0.322 e. The molecule has 7 nitrogen and oxygen atoms in total. The van der Waals surface area contributed by atoms with Crippen molar-refractivity contribution in [2.24, 2.45) is 0 Å². The number of likely N-dealkylation sites (tertiary alicyclic amines) is 1. The van der Waals surface area contributed by atoms with Crippen LogP contribution < -0.4 is 10.6 Å². The van der Waals surface area contributed by atoms with Crippen LogP contribution in [0.1, 0.15) is 43.0 Å². The fraction of sp³-hybridized carbons (Fsp3) is 0.391. The van der Waals surface area contributed by atoms with Gasteiger partial charge in [0.1, 0.15) is 6.04 Å². The van der Waals surface area contributed by atoms with Gasteiger partial charge in [0.05, 0.1) is 0 Å². The Labute approximate surface area is 175 Å². The lowest BCUT2D eigenvalue weighted by Gasteiger charge is -2.33. The number of benzene rings is 1. The van der Waals surface area contributed by atoms with Crippen LogP contribution in [0.15, 0.2) is 42.5 Å². The summed E-state index contributed by atoms with van der Waals surface area (Å²) in [5, 5.41) is 4.74. The van der Waals surface area contributed by atoms with E-state index in [0.29, 0.717) is 13.0 Å². The van der Waals surface area contributed by atoms with Gasteiger partial charge >= 0.3 is 6.03 Å². The predicted molar refractivity (Wildman–Crippen MR) is 113 cm³/mol. The van der Waals surface area contributed by atoms with E-state index in [0.717, 1.165) is 41.9 Å². The highest BCUT2D eigenvalue weighted by Crippen LogP contribution is 2.30. The van der Waals surface area contributed by atoms with Crippen LogP contribution in [0, 0.1) is 6.92 Å². The highest BCUT2D eigenvalue weighted by atomic mass is 16.2. The summed E-state index contributed by atoms with van der Waals surface area (Å²) in [7, 11) is 0. The van der Waals surface area contributed by atoms with Crippen LogP contribution in [-0.4, -0.2) is 46.9 Å². The van der Waals surface area contributed by atoms with Gasteiger partial charge in [-0.3, -0.25) is 19.9 Å². The number of hydrogen-bond donors (Lipinski definition) is 2. The number of imide groups is 1. The second-order valence-corrected chi connectivity index (χ2v) is 8.02. The van der Waals surface area contributed by atoms with E-state index in [1.165, 1.54) is 0 Å². The molecule has 2 unspecified atom stereocenters. The molecule has 0 aliphatic carbocycles. The molecule has 4 amide bonds. The molecule has 2 aliphatic rings. The number of aromatic nitrogens is 1. The molecule has 0 spiro atoms. The van der Waals surface area contributed by atoms with Gasteiger partial charge in [-0.05, 0) is 49.4 Å². The fourth-order valence-corrected chi connectivity index (χ4v) is 4.23. The minimum atomic E-state index is -0.617. The quantitative estimate of drug-likeness (QED) is 0.747. The maximum absolute atomic E-state index is 12.7. The molecule has 0 saturated carbocycles. The average molecular weight is 406 g/mol. The van der Waals surface area contributed by atoms with Crippen LogP contribution in [0.5, 0.6) is 0 Å². The van der Waals surface area contributed by atoms with Gasteiger partial charge in [-0.25, -0.2) is 4.79 Å². The van der Waals surface area contributed by atoms with Crippen molar-refractivity contribution in [3.8, 4) is 11.1 Å². The van der Waals surface area contributed by atoms with Gasteiger partial charge in [0.15, 0.2) is 0 Å². The summed E-state index contributed by atoms with van der Waals surface area (Å²) in [5.74, 6) is -0.147. The molecule has 2 atom stereocenters. The first kappa shape index (κ1) is 20.1. The van der Waals surface area contributed by atoms with Crippen molar-refractivity contribution >= 4 is 17.8 Å². The molecule has 1 aromatic heterocycles.